The number of benzene rings is 3. The van der Waals surface area contributed by atoms with Gasteiger partial charge in [-0.15, -0.1) is 0 Å². The monoisotopic (exact) mass is 596 g/mol. The zero-order valence-corrected chi connectivity index (χ0v) is 23.0. The number of likely N-dealkylation sites (N-methyl/N-ethyl adjacent to an activating group) is 1. The SMILES string of the molecule is CN(CC(=O)N(Cc1ccc(C2CCCCC2)cc1)c1ccc(CO)cc1)S(=O)(=O)c1c(F)c(F)c(F)c(F)c1F. The average molecular weight is 597 g/mol. The number of halogens is 5. The summed E-state index contributed by atoms with van der Waals surface area (Å²) in [5.74, 6) is -12.7. The molecule has 12 heteroatoms. The molecule has 1 N–H and O–H groups in total. The van der Waals surface area contributed by atoms with E-state index in [4.69, 9.17) is 0 Å². The van der Waals surface area contributed by atoms with Gasteiger partial charge >= 0.3 is 0 Å². The molecule has 1 fully saturated rings. The first-order chi connectivity index (χ1) is 19.4. The van der Waals surface area contributed by atoms with Gasteiger partial charge in [0.25, 0.3) is 0 Å². The normalized spacial score (nSPS) is 14.4. The van der Waals surface area contributed by atoms with E-state index in [1.807, 2.05) is 24.3 Å². The lowest BCUT2D eigenvalue weighted by Crippen LogP contribution is -2.41. The third-order valence-corrected chi connectivity index (χ3v) is 9.15. The molecule has 3 aromatic carbocycles. The molecule has 0 aromatic heterocycles. The number of anilines is 1. The van der Waals surface area contributed by atoms with Crippen LogP contribution in [0.4, 0.5) is 27.6 Å². The molecule has 0 spiro atoms. The Morgan fingerprint density at radius 1 is 0.805 bits per heavy atom. The van der Waals surface area contributed by atoms with Crippen molar-refractivity contribution in [2.75, 3.05) is 18.5 Å². The Hall–Kier alpha value is -3.35. The van der Waals surface area contributed by atoms with Crippen molar-refractivity contribution in [2.45, 2.75) is 56.1 Å². The van der Waals surface area contributed by atoms with Gasteiger partial charge in [0.15, 0.2) is 28.2 Å². The van der Waals surface area contributed by atoms with Crippen LogP contribution in [-0.4, -0.2) is 37.3 Å². The molecular weight excluding hydrogens is 567 g/mol. The number of hydrogen-bond donors (Lipinski definition) is 1. The van der Waals surface area contributed by atoms with Crippen LogP contribution in [0.15, 0.2) is 53.4 Å². The van der Waals surface area contributed by atoms with E-state index in [1.165, 1.54) is 29.7 Å². The van der Waals surface area contributed by atoms with Crippen molar-refractivity contribution in [3.05, 3.63) is 94.3 Å². The first-order valence-electron chi connectivity index (χ1n) is 13.0. The highest BCUT2D eigenvalue weighted by atomic mass is 32.2. The molecule has 6 nitrogen and oxygen atoms in total. The largest absolute Gasteiger partial charge is 0.392 e. The summed E-state index contributed by atoms with van der Waals surface area (Å²) in [4.78, 5) is 12.6. The van der Waals surface area contributed by atoms with Crippen LogP contribution in [0.25, 0.3) is 0 Å². The number of carbonyl (C=O) groups is 1. The van der Waals surface area contributed by atoms with Crippen LogP contribution in [0.1, 0.15) is 54.7 Å². The van der Waals surface area contributed by atoms with Crippen molar-refractivity contribution in [3.63, 3.8) is 0 Å². The van der Waals surface area contributed by atoms with Crippen LogP contribution < -0.4 is 4.90 Å². The molecule has 1 aliphatic rings. The highest BCUT2D eigenvalue weighted by molar-refractivity contribution is 7.89. The number of hydrogen-bond acceptors (Lipinski definition) is 4. The van der Waals surface area contributed by atoms with Gasteiger partial charge in [0, 0.05) is 12.7 Å². The number of rotatable bonds is 9. The first-order valence-corrected chi connectivity index (χ1v) is 14.5. The number of aliphatic hydroxyl groups is 1. The van der Waals surface area contributed by atoms with Gasteiger partial charge in [-0.3, -0.25) is 4.79 Å². The maximum atomic E-state index is 14.3. The third kappa shape index (κ3) is 6.44. The minimum Gasteiger partial charge on any atom is -0.392 e. The summed E-state index contributed by atoms with van der Waals surface area (Å²) in [6.45, 7) is -1.22. The molecular formula is C29H29F5N2O4S. The summed E-state index contributed by atoms with van der Waals surface area (Å²) in [7, 11) is -4.52. The van der Waals surface area contributed by atoms with Crippen LogP contribution in [-0.2, 0) is 28.0 Å². The van der Waals surface area contributed by atoms with Crippen LogP contribution in [0.3, 0.4) is 0 Å². The summed E-state index contributed by atoms with van der Waals surface area (Å²) in [6.07, 6.45) is 5.76. The molecule has 41 heavy (non-hydrogen) atoms. The van der Waals surface area contributed by atoms with Crippen LogP contribution >= 0.6 is 0 Å². The van der Waals surface area contributed by atoms with Crippen LogP contribution in [0.2, 0.25) is 0 Å². The Morgan fingerprint density at radius 3 is 1.85 bits per heavy atom. The number of amides is 1. The fraction of sp³-hybridized carbons (Fsp3) is 0.345. The van der Waals surface area contributed by atoms with Gasteiger partial charge in [-0.1, -0.05) is 55.7 Å². The van der Waals surface area contributed by atoms with Crippen molar-refractivity contribution in [1.29, 1.82) is 0 Å². The number of carbonyl (C=O) groups excluding carboxylic acids is 1. The van der Waals surface area contributed by atoms with Gasteiger partial charge in [0.1, 0.15) is 0 Å². The molecule has 0 saturated heterocycles. The van der Waals surface area contributed by atoms with E-state index >= 15 is 0 Å². The van der Waals surface area contributed by atoms with Gasteiger partial charge in [-0.2, -0.15) is 4.31 Å². The van der Waals surface area contributed by atoms with E-state index in [9.17, 15) is 40.3 Å². The van der Waals surface area contributed by atoms with Gasteiger partial charge in [0.2, 0.25) is 21.7 Å². The van der Waals surface area contributed by atoms with E-state index in [0.29, 0.717) is 17.2 Å². The lowest BCUT2D eigenvalue weighted by Gasteiger charge is -2.27. The standard InChI is InChI=1S/C29H29F5N2O4S/c1-35(41(39,40)29-27(33)25(31)24(30)26(32)28(29)34)16-23(38)36(22-13-9-19(17-37)10-14-22)15-18-7-11-21(12-8-18)20-5-3-2-4-6-20/h7-14,20,37H,2-6,15-17H2,1H3. The molecule has 0 unspecified atom stereocenters. The Kier molecular flexibility index (Phi) is 9.45. The molecule has 1 saturated carbocycles. The second-order valence-electron chi connectivity index (χ2n) is 10.0. The smallest absolute Gasteiger partial charge is 0.249 e. The van der Waals surface area contributed by atoms with Crippen LogP contribution in [0.5, 0.6) is 0 Å². The second-order valence-corrected chi connectivity index (χ2v) is 12.0. The quantitative estimate of drug-likeness (QED) is 0.193. The fourth-order valence-electron chi connectivity index (χ4n) is 4.95. The first kappa shape index (κ1) is 30.6. The second kappa shape index (κ2) is 12.7. The summed E-state index contributed by atoms with van der Waals surface area (Å²) in [6, 6.07) is 13.9. The lowest BCUT2D eigenvalue weighted by atomic mass is 9.84. The summed E-state index contributed by atoms with van der Waals surface area (Å²) < 4.78 is 95.6. The maximum Gasteiger partial charge on any atom is 0.249 e. The van der Waals surface area contributed by atoms with Gasteiger partial charge in [-0.25, -0.2) is 30.4 Å². The van der Waals surface area contributed by atoms with E-state index < -0.39 is 56.5 Å². The topological polar surface area (TPSA) is 77.9 Å². The Labute approximate surface area is 235 Å². The summed E-state index contributed by atoms with van der Waals surface area (Å²) >= 11 is 0. The Morgan fingerprint density at radius 2 is 1.32 bits per heavy atom. The number of nitrogens with zero attached hydrogens (tertiary/aromatic N) is 2. The van der Waals surface area contributed by atoms with E-state index in [2.05, 4.69) is 0 Å². The van der Waals surface area contributed by atoms with Crippen molar-refractivity contribution < 1.29 is 40.3 Å². The summed E-state index contributed by atoms with van der Waals surface area (Å²) in [5.41, 5.74) is 2.80. The molecule has 220 valence electrons. The molecule has 0 radical (unpaired) electrons. The van der Waals surface area contributed by atoms with Crippen molar-refractivity contribution in [3.8, 4) is 0 Å². The predicted molar refractivity (Wildman–Crippen MR) is 142 cm³/mol. The molecule has 0 bridgehead atoms. The molecule has 0 heterocycles. The molecule has 3 aromatic rings. The van der Waals surface area contributed by atoms with Crippen molar-refractivity contribution in [2.24, 2.45) is 0 Å². The minimum atomic E-state index is -5.32. The van der Waals surface area contributed by atoms with Crippen molar-refractivity contribution >= 4 is 21.6 Å². The average Bonchev–Trinajstić information content (AvgIpc) is 2.98. The van der Waals surface area contributed by atoms with Gasteiger partial charge in [0.05, 0.1) is 19.7 Å². The number of sulfonamides is 1. The zero-order valence-electron chi connectivity index (χ0n) is 22.2. The maximum absolute atomic E-state index is 14.3. The minimum absolute atomic E-state index is 0.00132. The molecule has 4 rings (SSSR count). The van der Waals surface area contributed by atoms with E-state index in [1.54, 1.807) is 24.3 Å². The van der Waals surface area contributed by atoms with Gasteiger partial charge < -0.3 is 10.0 Å². The molecule has 0 aliphatic heterocycles. The van der Waals surface area contributed by atoms with E-state index in [-0.39, 0.29) is 17.5 Å². The van der Waals surface area contributed by atoms with E-state index in [0.717, 1.165) is 25.5 Å². The molecule has 0 atom stereocenters. The predicted octanol–water partition coefficient (Wildman–Crippen LogP) is 5.78. The molecule has 1 amide bonds. The fourth-order valence-corrected chi connectivity index (χ4v) is 6.17. The highest BCUT2D eigenvalue weighted by Crippen LogP contribution is 2.33. The Bertz CT molecular complexity index is 1480. The molecule has 1 aliphatic carbocycles. The lowest BCUT2D eigenvalue weighted by molar-refractivity contribution is -0.118. The van der Waals surface area contributed by atoms with Gasteiger partial charge in [-0.05, 0) is 47.6 Å². The third-order valence-electron chi connectivity index (χ3n) is 7.32. The highest BCUT2D eigenvalue weighted by Gasteiger charge is 2.37. The Balaban J connectivity index is 1.61. The van der Waals surface area contributed by atoms with Crippen LogP contribution in [0, 0.1) is 29.1 Å². The number of aliphatic hydroxyl groups excluding tert-OH is 1. The zero-order chi connectivity index (χ0) is 29.9. The summed E-state index contributed by atoms with van der Waals surface area (Å²) in [5, 5.41) is 9.37. The van der Waals surface area contributed by atoms with Crippen molar-refractivity contribution in [1.82, 2.24) is 4.31 Å².